The van der Waals surface area contributed by atoms with Crippen LogP contribution in [0.5, 0.6) is 0 Å². The van der Waals surface area contributed by atoms with E-state index in [1.165, 1.54) is 16.0 Å². The van der Waals surface area contributed by atoms with E-state index in [-0.39, 0.29) is 5.56 Å². The third kappa shape index (κ3) is 2.24. The summed E-state index contributed by atoms with van der Waals surface area (Å²) in [7, 11) is 1.68. The van der Waals surface area contributed by atoms with Crippen molar-refractivity contribution in [2.45, 2.75) is 0 Å². The molecule has 0 bridgehead atoms. The van der Waals surface area contributed by atoms with Crippen LogP contribution in [0.4, 0.5) is 0 Å². The minimum atomic E-state index is -0.0918. The Kier molecular flexibility index (Phi) is 3.24. The monoisotopic (exact) mass is 320 g/mol. The molecule has 4 heterocycles. The highest BCUT2D eigenvalue weighted by Crippen LogP contribution is 2.36. The van der Waals surface area contributed by atoms with Crippen molar-refractivity contribution < 1.29 is 0 Å². The van der Waals surface area contributed by atoms with Crippen LogP contribution < -0.4 is 5.56 Å². The minimum Gasteiger partial charge on any atom is -0.267 e. The number of fused-ring (bicyclic) bond motifs is 1. The van der Waals surface area contributed by atoms with E-state index in [1.54, 1.807) is 31.8 Å². The van der Waals surface area contributed by atoms with E-state index in [1.807, 2.05) is 29.6 Å². The van der Waals surface area contributed by atoms with Crippen LogP contribution in [0.25, 0.3) is 32.5 Å². The van der Waals surface area contributed by atoms with Crippen molar-refractivity contribution in [2.24, 2.45) is 7.05 Å². The van der Waals surface area contributed by atoms with E-state index in [0.29, 0.717) is 5.39 Å². The highest BCUT2D eigenvalue weighted by atomic mass is 32.1. The SMILES string of the molecule is Cn1nc(-c2ccncc2)c2scc(-c3ccncc3)c2c1=O. The van der Waals surface area contributed by atoms with Crippen LogP contribution in [0.15, 0.2) is 59.2 Å². The molecule has 0 radical (unpaired) electrons. The van der Waals surface area contributed by atoms with Gasteiger partial charge in [-0.1, -0.05) is 0 Å². The van der Waals surface area contributed by atoms with E-state index in [0.717, 1.165) is 27.1 Å². The Balaban J connectivity index is 2.08. The molecule has 4 aromatic heterocycles. The number of nitrogens with zero attached hydrogens (tertiary/aromatic N) is 4. The summed E-state index contributed by atoms with van der Waals surface area (Å²) in [6.07, 6.45) is 6.92. The number of rotatable bonds is 2. The Morgan fingerprint density at radius 3 is 2.22 bits per heavy atom. The van der Waals surface area contributed by atoms with Gasteiger partial charge in [-0.15, -0.1) is 11.3 Å². The summed E-state index contributed by atoms with van der Waals surface area (Å²) in [5, 5.41) is 7.16. The molecule has 5 nitrogen and oxygen atoms in total. The van der Waals surface area contributed by atoms with Crippen molar-refractivity contribution in [3.05, 3.63) is 64.8 Å². The Labute approximate surface area is 135 Å². The van der Waals surface area contributed by atoms with Crippen molar-refractivity contribution in [3.8, 4) is 22.4 Å². The molecule has 23 heavy (non-hydrogen) atoms. The fourth-order valence-electron chi connectivity index (χ4n) is 2.59. The lowest BCUT2D eigenvalue weighted by Crippen LogP contribution is -2.20. The molecule has 0 aromatic carbocycles. The largest absolute Gasteiger partial charge is 0.275 e. The van der Waals surface area contributed by atoms with Gasteiger partial charge in [0.05, 0.1) is 10.1 Å². The Hall–Kier alpha value is -2.86. The maximum Gasteiger partial charge on any atom is 0.275 e. The zero-order valence-electron chi connectivity index (χ0n) is 12.3. The molecular formula is C17H12N4OS. The van der Waals surface area contributed by atoms with Gasteiger partial charge >= 0.3 is 0 Å². The van der Waals surface area contributed by atoms with Crippen LogP contribution in [-0.2, 0) is 7.05 Å². The van der Waals surface area contributed by atoms with Crippen LogP contribution >= 0.6 is 11.3 Å². The van der Waals surface area contributed by atoms with E-state index in [4.69, 9.17) is 0 Å². The van der Waals surface area contributed by atoms with Gasteiger partial charge in [0.2, 0.25) is 0 Å². The molecule has 112 valence electrons. The zero-order chi connectivity index (χ0) is 15.8. The van der Waals surface area contributed by atoms with Gasteiger partial charge in [0.25, 0.3) is 5.56 Å². The zero-order valence-corrected chi connectivity index (χ0v) is 13.1. The summed E-state index contributed by atoms with van der Waals surface area (Å²) in [4.78, 5) is 20.7. The van der Waals surface area contributed by atoms with Crippen molar-refractivity contribution in [3.63, 3.8) is 0 Å². The number of aryl methyl sites for hydroxylation is 1. The molecular weight excluding hydrogens is 308 g/mol. The molecule has 0 fully saturated rings. The lowest BCUT2D eigenvalue weighted by Gasteiger charge is -2.06. The minimum absolute atomic E-state index is 0.0918. The van der Waals surface area contributed by atoms with Gasteiger partial charge in [0.15, 0.2) is 0 Å². The molecule has 0 aliphatic rings. The molecule has 0 saturated heterocycles. The molecule has 0 N–H and O–H groups in total. The van der Waals surface area contributed by atoms with Crippen LogP contribution in [0.2, 0.25) is 0 Å². The van der Waals surface area contributed by atoms with Crippen molar-refractivity contribution in [1.82, 2.24) is 19.7 Å². The molecule has 0 amide bonds. The fraction of sp³-hybridized carbons (Fsp3) is 0.0588. The number of hydrogen-bond donors (Lipinski definition) is 0. The Bertz CT molecular complexity index is 1040. The maximum absolute atomic E-state index is 12.6. The molecule has 0 spiro atoms. The Morgan fingerprint density at radius 2 is 1.57 bits per heavy atom. The van der Waals surface area contributed by atoms with Crippen LogP contribution in [0, 0.1) is 0 Å². The summed E-state index contributed by atoms with van der Waals surface area (Å²) < 4.78 is 2.29. The van der Waals surface area contributed by atoms with Crippen LogP contribution in [-0.4, -0.2) is 19.7 Å². The first-order valence-electron chi connectivity index (χ1n) is 7.05. The smallest absolute Gasteiger partial charge is 0.267 e. The van der Waals surface area contributed by atoms with E-state index >= 15 is 0 Å². The normalized spacial score (nSPS) is 11.0. The molecule has 0 aliphatic carbocycles. The first-order valence-corrected chi connectivity index (χ1v) is 7.93. The van der Waals surface area contributed by atoms with Crippen LogP contribution in [0.1, 0.15) is 0 Å². The summed E-state index contributed by atoms with van der Waals surface area (Å²) in [5.74, 6) is 0. The second-order valence-electron chi connectivity index (χ2n) is 5.10. The molecule has 0 saturated carbocycles. The number of aromatic nitrogens is 4. The average Bonchev–Trinajstić information content (AvgIpc) is 3.05. The molecule has 0 unspecified atom stereocenters. The highest BCUT2D eigenvalue weighted by Gasteiger charge is 2.17. The first-order chi connectivity index (χ1) is 11.3. The summed E-state index contributed by atoms with van der Waals surface area (Å²) in [5.41, 5.74) is 3.56. The lowest BCUT2D eigenvalue weighted by atomic mass is 10.1. The standard InChI is InChI=1S/C17H12N4OS/c1-21-17(22)14-13(11-2-6-18-7-3-11)10-23-16(14)15(20-21)12-4-8-19-9-5-12/h2-10H,1H3. The second kappa shape index (κ2) is 5.40. The summed E-state index contributed by atoms with van der Waals surface area (Å²) in [6, 6.07) is 7.62. The van der Waals surface area contributed by atoms with Gasteiger partial charge in [-0.2, -0.15) is 5.10 Å². The Morgan fingerprint density at radius 1 is 0.957 bits per heavy atom. The van der Waals surface area contributed by atoms with E-state index in [2.05, 4.69) is 15.1 Å². The van der Waals surface area contributed by atoms with Crippen molar-refractivity contribution in [1.29, 1.82) is 0 Å². The van der Waals surface area contributed by atoms with Crippen molar-refractivity contribution in [2.75, 3.05) is 0 Å². The first kappa shape index (κ1) is 13.8. The van der Waals surface area contributed by atoms with Crippen LogP contribution in [0.3, 0.4) is 0 Å². The molecule has 4 aromatic rings. The molecule has 6 heteroatoms. The summed E-state index contributed by atoms with van der Waals surface area (Å²) >= 11 is 1.54. The second-order valence-corrected chi connectivity index (χ2v) is 5.98. The average molecular weight is 320 g/mol. The predicted octanol–water partition coefficient (Wildman–Crippen LogP) is 3.12. The molecule has 4 rings (SSSR count). The van der Waals surface area contributed by atoms with Gasteiger partial charge < -0.3 is 0 Å². The fourth-order valence-corrected chi connectivity index (χ4v) is 3.66. The predicted molar refractivity (Wildman–Crippen MR) is 91.3 cm³/mol. The van der Waals surface area contributed by atoms with Gasteiger partial charge in [0, 0.05) is 48.3 Å². The molecule has 0 atom stereocenters. The number of thiophene rings is 1. The topological polar surface area (TPSA) is 60.7 Å². The maximum atomic E-state index is 12.6. The highest BCUT2D eigenvalue weighted by molar-refractivity contribution is 7.18. The van der Waals surface area contributed by atoms with Gasteiger partial charge in [0.1, 0.15) is 5.69 Å². The van der Waals surface area contributed by atoms with E-state index in [9.17, 15) is 4.79 Å². The molecule has 0 aliphatic heterocycles. The van der Waals surface area contributed by atoms with Gasteiger partial charge in [-0.05, 0) is 29.8 Å². The lowest BCUT2D eigenvalue weighted by molar-refractivity contribution is 0.723. The van der Waals surface area contributed by atoms with Crippen molar-refractivity contribution >= 4 is 21.4 Å². The quantitative estimate of drug-likeness (QED) is 0.569. The van der Waals surface area contributed by atoms with Gasteiger partial charge in [-0.25, -0.2) is 4.68 Å². The third-order valence-corrected chi connectivity index (χ3v) is 4.70. The van der Waals surface area contributed by atoms with E-state index < -0.39 is 0 Å². The number of hydrogen-bond acceptors (Lipinski definition) is 5. The van der Waals surface area contributed by atoms with Gasteiger partial charge in [-0.3, -0.25) is 14.8 Å². The third-order valence-electron chi connectivity index (χ3n) is 3.71. The summed E-state index contributed by atoms with van der Waals surface area (Å²) in [6.45, 7) is 0. The number of pyridine rings is 2.